The predicted octanol–water partition coefficient (Wildman–Crippen LogP) is 23.4. The van der Waals surface area contributed by atoms with Crippen molar-refractivity contribution in [2.24, 2.45) is 0 Å². The molecule has 0 heterocycles. The standard InChI is InChI=1S/C73H128O6/c1-4-7-10-13-16-19-22-25-27-29-30-31-32-33-34-35-36-37-38-39-40-41-42-44-45-48-51-54-57-60-63-66-72(75)78-69-70(68-77-71(74)65-62-59-56-53-50-47-24-21-18-15-12-9-6-3)79-73(76)67-64-61-58-55-52-49-46-43-28-26-23-20-17-14-11-8-5-2/h8,11-12,15,17,20-22,24-26,28-30,70H,4-7,9-10,13-14,16,18-19,23,27,31-69H2,1-3H3/b11-8-,15-12-,20-17-,24-21-,25-22-,28-26-,30-29-. The zero-order chi connectivity index (χ0) is 57.1. The van der Waals surface area contributed by atoms with E-state index in [4.69, 9.17) is 14.2 Å². The Balaban J connectivity index is 4.18. The van der Waals surface area contributed by atoms with Crippen LogP contribution < -0.4 is 0 Å². The summed E-state index contributed by atoms with van der Waals surface area (Å²) in [4.78, 5) is 38.3. The van der Waals surface area contributed by atoms with Crippen molar-refractivity contribution < 1.29 is 28.6 Å². The highest BCUT2D eigenvalue weighted by atomic mass is 16.6. The van der Waals surface area contributed by atoms with E-state index in [0.717, 1.165) is 116 Å². The van der Waals surface area contributed by atoms with Crippen LogP contribution in [0.2, 0.25) is 0 Å². The normalized spacial score (nSPS) is 12.6. The lowest BCUT2D eigenvalue weighted by atomic mass is 10.0. The van der Waals surface area contributed by atoms with E-state index in [2.05, 4.69) is 106 Å². The smallest absolute Gasteiger partial charge is 0.306 e. The van der Waals surface area contributed by atoms with Crippen LogP contribution >= 0.6 is 0 Å². The van der Waals surface area contributed by atoms with Gasteiger partial charge in [0.15, 0.2) is 6.10 Å². The first-order valence-electron chi connectivity index (χ1n) is 34.1. The van der Waals surface area contributed by atoms with Gasteiger partial charge in [0, 0.05) is 19.3 Å². The molecule has 0 fully saturated rings. The van der Waals surface area contributed by atoms with Gasteiger partial charge in [0.25, 0.3) is 0 Å². The molecule has 6 heteroatoms. The van der Waals surface area contributed by atoms with Crippen LogP contribution in [0.25, 0.3) is 0 Å². The quantitative estimate of drug-likeness (QED) is 0.0261. The zero-order valence-corrected chi connectivity index (χ0v) is 52.4. The fourth-order valence-corrected chi connectivity index (χ4v) is 9.76. The molecular weight excluding hydrogens is 973 g/mol. The summed E-state index contributed by atoms with van der Waals surface area (Å²) in [7, 11) is 0. The Bertz CT molecular complexity index is 1500. The Morgan fingerprint density at radius 3 is 0.823 bits per heavy atom. The molecule has 456 valence electrons. The minimum absolute atomic E-state index is 0.0827. The third-order valence-electron chi connectivity index (χ3n) is 14.8. The molecule has 0 aliphatic heterocycles. The van der Waals surface area contributed by atoms with Crippen LogP contribution in [0.4, 0.5) is 0 Å². The van der Waals surface area contributed by atoms with E-state index in [1.165, 1.54) is 186 Å². The summed E-state index contributed by atoms with van der Waals surface area (Å²) in [6.07, 6.45) is 89.0. The number of carbonyl (C=O) groups is 3. The van der Waals surface area contributed by atoms with Crippen molar-refractivity contribution in [3.05, 3.63) is 85.1 Å². The highest BCUT2D eigenvalue weighted by Gasteiger charge is 2.19. The molecule has 0 aliphatic rings. The zero-order valence-electron chi connectivity index (χ0n) is 52.4. The van der Waals surface area contributed by atoms with Gasteiger partial charge >= 0.3 is 17.9 Å². The Labute approximate surface area is 490 Å². The van der Waals surface area contributed by atoms with Crippen molar-refractivity contribution in [3.63, 3.8) is 0 Å². The summed E-state index contributed by atoms with van der Waals surface area (Å²) in [5.74, 6) is -0.893. The van der Waals surface area contributed by atoms with E-state index in [9.17, 15) is 14.4 Å². The average molecular weight is 1100 g/mol. The molecule has 0 saturated carbocycles. The predicted molar refractivity (Wildman–Crippen MR) is 344 cm³/mol. The number of allylic oxidation sites excluding steroid dienone is 14. The molecule has 0 amide bonds. The number of esters is 3. The monoisotopic (exact) mass is 1100 g/mol. The Morgan fingerprint density at radius 2 is 0.519 bits per heavy atom. The maximum Gasteiger partial charge on any atom is 0.306 e. The fourth-order valence-electron chi connectivity index (χ4n) is 9.76. The van der Waals surface area contributed by atoms with Gasteiger partial charge in [-0.25, -0.2) is 0 Å². The third kappa shape index (κ3) is 65.3. The molecule has 0 saturated heterocycles. The molecule has 0 aromatic carbocycles. The van der Waals surface area contributed by atoms with Gasteiger partial charge in [0.05, 0.1) is 0 Å². The van der Waals surface area contributed by atoms with Gasteiger partial charge in [-0.3, -0.25) is 14.4 Å². The summed E-state index contributed by atoms with van der Waals surface area (Å²) in [5.41, 5.74) is 0. The van der Waals surface area contributed by atoms with E-state index in [1.54, 1.807) is 0 Å². The van der Waals surface area contributed by atoms with Crippen molar-refractivity contribution in [2.75, 3.05) is 13.2 Å². The number of ether oxygens (including phenoxy) is 3. The highest BCUT2D eigenvalue weighted by Crippen LogP contribution is 2.17. The molecule has 0 bridgehead atoms. The molecule has 0 spiro atoms. The van der Waals surface area contributed by atoms with Crippen LogP contribution in [0.3, 0.4) is 0 Å². The number of unbranched alkanes of at least 4 members (excludes halogenated alkanes) is 37. The first kappa shape index (κ1) is 75.6. The van der Waals surface area contributed by atoms with Gasteiger partial charge in [-0.1, -0.05) is 298 Å². The summed E-state index contributed by atoms with van der Waals surface area (Å²) < 4.78 is 16.9. The third-order valence-corrected chi connectivity index (χ3v) is 14.8. The van der Waals surface area contributed by atoms with Gasteiger partial charge in [0.2, 0.25) is 0 Å². The molecule has 1 atom stereocenters. The molecule has 6 nitrogen and oxygen atoms in total. The first-order chi connectivity index (χ1) is 39.0. The average Bonchev–Trinajstić information content (AvgIpc) is 3.45. The van der Waals surface area contributed by atoms with Crippen LogP contribution in [0.5, 0.6) is 0 Å². The van der Waals surface area contributed by atoms with E-state index in [1.807, 2.05) is 0 Å². The Kier molecular flexibility index (Phi) is 64.2. The molecule has 0 rings (SSSR count). The first-order valence-corrected chi connectivity index (χ1v) is 34.1. The maximum atomic E-state index is 12.9. The molecule has 0 aromatic heterocycles. The lowest BCUT2D eigenvalue weighted by Crippen LogP contribution is -2.30. The van der Waals surface area contributed by atoms with Gasteiger partial charge in [-0.2, -0.15) is 0 Å². The van der Waals surface area contributed by atoms with Crippen LogP contribution in [-0.4, -0.2) is 37.2 Å². The van der Waals surface area contributed by atoms with Crippen molar-refractivity contribution in [1.29, 1.82) is 0 Å². The minimum Gasteiger partial charge on any atom is -0.462 e. The molecule has 0 aliphatic carbocycles. The van der Waals surface area contributed by atoms with Gasteiger partial charge in [-0.05, 0) is 109 Å². The maximum absolute atomic E-state index is 12.9. The SMILES string of the molecule is CC/C=C\C/C=C\C/C=C\CCCCCCCCCC(=O)OC(COC(=O)CCCCCCC/C=C\C/C=C\CCC)COC(=O)CCCCCCCCCCCCCCCCCCCCC/C=C\C/C=C\CCCCCCC. The summed E-state index contributed by atoms with van der Waals surface area (Å²) >= 11 is 0. The number of hydrogen-bond acceptors (Lipinski definition) is 6. The van der Waals surface area contributed by atoms with Gasteiger partial charge in [0.1, 0.15) is 13.2 Å². The minimum atomic E-state index is -0.788. The Hall–Kier alpha value is -3.41. The fraction of sp³-hybridized carbons (Fsp3) is 0.767. The lowest BCUT2D eigenvalue weighted by molar-refractivity contribution is -0.167. The second-order valence-electron chi connectivity index (χ2n) is 22.7. The molecule has 0 N–H and O–H groups in total. The summed E-state index contributed by atoms with van der Waals surface area (Å²) in [6, 6.07) is 0. The van der Waals surface area contributed by atoms with E-state index in [0.29, 0.717) is 19.3 Å². The summed E-state index contributed by atoms with van der Waals surface area (Å²) in [5, 5.41) is 0. The van der Waals surface area contributed by atoms with Crippen LogP contribution in [-0.2, 0) is 28.6 Å². The van der Waals surface area contributed by atoms with Gasteiger partial charge in [-0.15, -0.1) is 0 Å². The van der Waals surface area contributed by atoms with Crippen LogP contribution in [0, 0.1) is 0 Å². The second-order valence-corrected chi connectivity index (χ2v) is 22.7. The van der Waals surface area contributed by atoms with E-state index < -0.39 is 6.10 Å². The van der Waals surface area contributed by atoms with Crippen molar-refractivity contribution in [3.8, 4) is 0 Å². The van der Waals surface area contributed by atoms with Crippen molar-refractivity contribution in [2.45, 2.75) is 348 Å². The van der Waals surface area contributed by atoms with Crippen molar-refractivity contribution in [1.82, 2.24) is 0 Å². The lowest BCUT2D eigenvalue weighted by Gasteiger charge is -2.18. The molecule has 1 unspecified atom stereocenters. The summed E-state index contributed by atoms with van der Waals surface area (Å²) in [6.45, 7) is 6.47. The van der Waals surface area contributed by atoms with E-state index >= 15 is 0 Å². The highest BCUT2D eigenvalue weighted by molar-refractivity contribution is 5.71. The number of carbonyl (C=O) groups excluding carboxylic acids is 3. The molecular formula is C73H128O6. The largest absolute Gasteiger partial charge is 0.462 e. The van der Waals surface area contributed by atoms with Crippen LogP contribution in [0.1, 0.15) is 342 Å². The van der Waals surface area contributed by atoms with E-state index in [-0.39, 0.29) is 31.1 Å². The van der Waals surface area contributed by atoms with Crippen molar-refractivity contribution >= 4 is 17.9 Å². The van der Waals surface area contributed by atoms with Crippen LogP contribution in [0.15, 0.2) is 85.1 Å². The molecule has 79 heavy (non-hydrogen) atoms. The number of rotatable bonds is 62. The molecule has 0 aromatic rings. The Morgan fingerprint density at radius 1 is 0.266 bits per heavy atom. The van der Waals surface area contributed by atoms with Gasteiger partial charge < -0.3 is 14.2 Å². The number of hydrogen-bond donors (Lipinski definition) is 0. The molecule has 0 radical (unpaired) electrons. The second kappa shape index (κ2) is 67.1. The topological polar surface area (TPSA) is 78.9 Å².